The summed E-state index contributed by atoms with van der Waals surface area (Å²) < 4.78 is 34.0. The molecule has 27 heavy (non-hydrogen) atoms. The molecule has 0 aromatic carbocycles. The molecule has 2 fully saturated rings. The molecular formula is C24H38F2O. The van der Waals surface area contributed by atoms with Gasteiger partial charge in [0.2, 0.25) is 0 Å². The predicted octanol–water partition coefficient (Wildman–Crippen LogP) is 8.04. The lowest BCUT2D eigenvalue weighted by atomic mass is 9.68. The van der Waals surface area contributed by atoms with Crippen LogP contribution in [-0.2, 0) is 4.74 Å². The zero-order valence-electron chi connectivity index (χ0n) is 17.3. The van der Waals surface area contributed by atoms with E-state index in [0.717, 1.165) is 36.7 Å². The van der Waals surface area contributed by atoms with Crippen molar-refractivity contribution in [3.63, 3.8) is 0 Å². The molecule has 0 aromatic rings. The number of hydrogen-bond donors (Lipinski definition) is 0. The van der Waals surface area contributed by atoms with Crippen LogP contribution in [0.3, 0.4) is 0 Å². The van der Waals surface area contributed by atoms with Crippen LogP contribution < -0.4 is 0 Å². The summed E-state index contributed by atoms with van der Waals surface area (Å²) in [4.78, 5) is 0. The number of hydrogen-bond acceptors (Lipinski definition) is 1. The third-order valence-corrected chi connectivity index (χ3v) is 6.73. The van der Waals surface area contributed by atoms with E-state index in [1.165, 1.54) is 44.6 Å². The summed E-state index contributed by atoms with van der Waals surface area (Å²) in [5.41, 5.74) is 0.872. The van der Waals surface area contributed by atoms with E-state index in [4.69, 9.17) is 4.74 Å². The second-order valence-corrected chi connectivity index (χ2v) is 8.66. The molecule has 0 amide bonds. The maximum atomic E-state index is 14.5. The Morgan fingerprint density at radius 3 is 2.00 bits per heavy atom. The summed E-state index contributed by atoms with van der Waals surface area (Å²) in [6.45, 7) is 11.7. The van der Waals surface area contributed by atoms with Crippen LogP contribution in [0.5, 0.6) is 0 Å². The van der Waals surface area contributed by atoms with Crippen LogP contribution in [0.4, 0.5) is 8.78 Å². The van der Waals surface area contributed by atoms with Crippen molar-refractivity contribution in [1.82, 2.24) is 0 Å². The maximum Gasteiger partial charge on any atom is 0.400 e. The van der Waals surface area contributed by atoms with Crippen molar-refractivity contribution in [3.05, 3.63) is 36.6 Å². The average molecular weight is 381 g/mol. The summed E-state index contributed by atoms with van der Waals surface area (Å²) in [6, 6.07) is 0. The zero-order valence-corrected chi connectivity index (χ0v) is 17.3. The van der Waals surface area contributed by atoms with Gasteiger partial charge in [-0.25, -0.2) is 0 Å². The van der Waals surface area contributed by atoms with Crippen molar-refractivity contribution in [2.24, 2.45) is 23.7 Å². The van der Waals surface area contributed by atoms with E-state index in [1.54, 1.807) is 6.08 Å². The van der Waals surface area contributed by atoms with Crippen LogP contribution in [0, 0.1) is 23.7 Å². The van der Waals surface area contributed by atoms with Crippen molar-refractivity contribution in [2.45, 2.75) is 90.6 Å². The van der Waals surface area contributed by atoms with Gasteiger partial charge in [-0.3, -0.25) is 0 Å². The van der Waals surface area contributed by atoms with Gasteiger partial charge >= 0.3 is 6.11 Å². The Hall–Kier alpha value is -1.12. The Bertz CT molecular complexity index is 506. The van der Waals surface area contributed by atoms with Gasteiger partial charge in [0.05, 0.1) is 5.92 Å². The Balaban J connectivity index is 1.77. The molecule has 0 bridgehead atoms. The van der Waals surface area contributed by atoms with Crippen LogP contribution in [-0.4, -0.2) is 6.11 Å². The Kier molecular flexibility index (Phi) is 8.57. The average Bonchev–Trinajstić information content (AvgIpc) is 2.67. The Morgan fingerprint density at radius 2 is 1.48 bits per heavy atom. The van der Waals surface area contributed by atoms with Crippen molar-refractivity contribution >= 4 is 0 Å². The number of ether oxygens (including phenoxy) is 1. The Labute approximate surface area is 164 Å². The van der Waals surface area contributed by atoms with E-state index >= 15 is 0 Å². The fourth-order valence-electron chi connectivity index (χ4n) is 4.90. The van der Waals surface area contributed by atoms with Gasteiger partial charge in [0.15, 0.2) is 0 Å². The molecule has 2 saturated carbocycles. The number of allylic oxidation sites excluding steroid dienone is 3. The van der Waals surface area contributed by atoms with Gasteiger partial charge in [-0.1, -0.05) is 64.3 Å². The fourth-order valence-corrected chi connectivity index (χ4v) is 4.90. The molecule has 0 aliphatic heterocycles. The van der Waals surface area contributed by atoms with E-state index in [2.05, 4.69) is 20.1 Å². The van der Waals surface area contributed by atoms with Crippen molar-refractivity contribution < 1.29 is 13.5 Å². The topological polar surface area (TPSA) is 9.23 Å². The van der Waals surface area contributed by atoms with Crippen LogP contribution in [0.2, 0.25) is 0 Å². The van der Waals surface area contributed by atoms with E-state index in [1.807, 2.05) is 6.92 Å². The molecular weight excluding hydrogens is 342 g/mol. The third-order valence-electron chi connectivity index (χ3n) is 6.73. The summed E-state index contributed by atoms with van der Waals surface area (Å²) in [5, 5.41) is 0. The lowest BCUT2D eigenvalue weighted by Gasteiger charge is -2.39. The van der Waals surface area contributed by atoms with Crippen molar-refractivity contribution in [2.75, 3.05) is 0 Å². The van der Waals surface area contributed by atoms with Gasteiger partial charge in [0.1, 0.15) is 5.76 Å². The summed E-state index contributed by atoms with van der Waals surface area (Å²) in [6.07, 6.45) is 11.7. The van der Waals surface area contributed by atoms with Gasteiger partial charge in [-0.15, -0.1) is 0 Å². The second-order valence-electron chi connectivity index (χ2n) is 8.66. The molecule has 3 heteroatoms. The van der Waals surface area contributed by atoms with Crippen LogP contribution in [0.15, 0.2) is 36.6 Å². The zero-order chi connectivity index (χ0) is 19.9. The number of alkyl halides is 2. The predicted molar refractivity (Wildman–Crippen MR) is 110 cm³/mol. The minimum atomic E-state index is -3.13. The summed E-state index contributed by atoms with van der Waals surface area (Å²) in [7, 11) is 0. The van der Waals surface area contributed by atoms with E-state index in [9.17, 15) is 8.78 Å². The lowest BCUT2D eigenvalue weighted by Crippen LogP contribution is -2.35. The first-order valence-electron chi connectivity index (χ1n) is 11.0. The molecule has 0 saturated heterocycles. The molecule has 0 aromatic heterocycles. The normalized spacial score (nSPS) is 29.6. The van der Waals surface area contributed by atoms with Crippen LogP contribution >= 0.6 is 0 Å². The molecule has 0 atom stereocenters. The highest BCUT2D eigenvalue weighted by atomic mass is 19.3. The van der Waals surface area contributed by atoms with Gasteiger partial charge < -0.3 is 4.74 Å². The summed E-state index contributed by atoms with van der Waals surface area (Å²) >= 11 is 0. The molecule has 0 unspecified atom stereocenters. The summed E-state index contributed by atoms with van der Waals surface area (Å²) in [5.74, 6) is 1.63. The second kappa shape index (κ2) is 10.4. The van der Waals surface area contributed by atoms with E-state index in [-0.39, 0.29) is 5.76 Å². The number of halogens is 2. The SMILES string of the molecule is C=C(/C=C\C(=C)OC(F)(F)C1CCC(C2CCC(CCC)CC2)CC1)CC. The van der Waals surface area contributed by atoms with Crippen molar-refractivity contribution in [1.29, 1.82) is 0 Å². The molecule has 2 rings (SSSR count). The first kappa shape index (κ1) is 22.2. The maximum absolute atomic E-state index is 14.5. The highest BCUT2D eigenvalue weighted by Crippen LogP contribution is 2.46. The molecule has 154 valence electrons. The highest BCUT2D eigenvalue weighted by molar-refractivity contribution is 5.21. The van der Waals surface area contributed by atoms with E-state index < -0.39 is 12.0 Å². The molecule has 0 radical (unpaired) electrons. The molecule has 0 N–H and O–H groups in total. The van der Waals surface area contributed by atoms with Crippen molar-refractivity contribution in [3.8, 4) is 0 Å². The Morgan fingerprint density at radius 1 is 0.926 bits per heavy atom. The molecule has 2 aliphatic carbocycles. The van der Waals surface area contributed by atoms with Crippen LogP contribution in [0.25, 0.3) is 0 Å². The minimum absolute atomic E-state index is 0.0194. The number of rotatable bonds is 9. The van der Waals surface area contributed by atoms with E-state index in [0.29, 0.717) is 18.8 Å². The van der Waals surface area contributed by atoms with Gasteiger partial charge in [0, 0.05) is 0 Å². The largest absolute Gasteiger partial charge is 0.433 e. The molecule has 2 aliphatic rings. The monoisotopic (exact) mass is 380 g/mol. The lowest BCUT2D eigenvalue weighted by molar-refractivity contribution is -0.254. The molecule has 1 nitrogen and oxygen atoms in total. The highest BCUT2D eigenvalue weighted by Gasteiger charge is 2.45. The smallest absolute Gasteiger partial charge is 0.400 e. The molecule has 0 spiro atoms. The molecule has 0 heterocycles. The standard InChI is InChI=1S/C24H38F2O/c1-5-7-20-10-12-21(13-11-20)22-14-16-23(17-15-22)24(25,26)27-19(4)9-8-18(3)6-2/h8-9,20-23H,3-7,10-17H2,1-2H3/b9-8-. The van der Waals surface area contributed by atoms with Crippen LogP contribution in [0.1, 0.15) is 84.5 Å². The van der Waals surface area contributed by atoms with Gasteiger partial charge in [-0.2, -0.15) is 8.78 Å². The first-order chi connectivity index (χ1) is 12.9. The minimum Gasteiger partial charge on any atom is -0.433 e. The first-order valence-corrected chi connectivity index (χ1v) is 11.0. The van der Waals surface area contributed by atoms with Gasteiger partial charge in [-0.05, 0) is 68.8 Å². The quantitative estimate of drug-likeness (QED) is 0.290. The third kappa shape index (κ3) is 6.76. The van der Waals surface area contributed by atoms with Gasteiger partial charge in [0.25, 0.3) is 0 Å². The fraction of sp³-hybridized carbons (Fsp3) is 0.750.